The van der Waals surface area contributed by atoms with E-state index >= 15 is 0 Å². The summed E-state index contributed by atoms with van der Waals surface area (Å²) in [4.78, 5) is 6.37. The molecule has 1 aromatic heterocycles. The van der Waals surface area contributed by atoms with Crippen LogP contribution in [0, 0.1) is 0 Å². The normalized spacial score (nSPS) is 20.8. The lowest BCUT2D eigenvalue weighted by Crippen LogP contribution is -2.36. The van der Waals surface area contributed by atoms with Gasteiger partial charge in [-0.25, -0.2) is 18.1 Å². The first-order valence-electron chi connectivity index (χ1n) is 5.28. The van der Waals surface area contributed by atoms with Crippen molar-refractivity contribution < 1.29 is 8.42 Å². The lowest BCUT2D eigenvalue weighted by atomic mass is 10.3. The van der Waals surface area contributed by atoms with Gasteiger partial charge in [0.25, 0.3) is 0 Å². The Bertz CT molecular complexity index is 489. The molecule has 0 spiro atoms. The van der Waals surface area contributed by atoms with Crippen LogP contribution in [0.2, 0.25) is 0 Å². The molecule has 2 heterocycles. The van der Waals surface area contributed by atoms with Gasteiger partial charge in [0.15, 0.2) is 0 Å². The first-order valence-corrected chi connectivity index (χ1v) is 7.96. The van der Waals surface area contributed by atoms with Crippen LogP contribution < -0.4 is 9.62 Å². The van der Waals surface area contributed by atoms with Gasteiger partial charge in [-0.2, -0.15) is 0 Å². The predicted octanol–water partition coefficient (Wildman–Crippen LogP) is 0.972. The Hall–Kier alpha value is -0.660. The van der Waals surface area contributed by atoms with Crippen LogP contribution in [0.1, 0.15) is 6.42 Å². The maximum absolute atomic E-state index is 11.1. The van der Waals surface area contributed by atoms with E-state index in [1.165, 1.54) is 6.26 Å². The number of sulfonamides is 1. The molecule has 0 radical (unpaired) electrons. The van der Waals surface area contributed by atoms with Crippen molar-refractivity contribution in [2.45, 2.75) is 12.5 Å². The van der Waals surface area contributed by atoms with Crippen LogP contribution in [0.3, 0.4) is 0 Å². The van der Waals surface area contributed by atoms with Crippen LogP contribution in [0.25, 0.3) is 0 Å². The minimum atomic E-state index is -3.12. The highest BCUT2D eigenvalue weighted by atomic mass is 79.9. The van der Waals surface area contributed by atoms with E-state index in [0.29, 0.717) is 6.54 Å². The molecule has 0 amide bonds. The summed E-state index contributed by atoms with van der Waals surface area (Å²) in [6.45, 7) is 1.49. The monoisotopic (exact) mass is 319 g/mol. The molecule has 1 aliphatic rings. The third-order valence-corrected chi connectivity index (χ3v) is 3.84. The molecule has 1 N–H and O–H groups in total. The summed E-state index contributed by atoms with van der Waals surface area (Å²) in [7, 11) is -3.12. The van der Waals surface area contributed by atoms with Gasteiger partial charge in [-0.3, -0.25) is 0 Å². The largest absolute Gasteiger partial charge is 0.355 e. The van der Waals surface area contributed by atoms with E-state index in [9.17, 15) is 8.42 Å². The molecule has 1 fully saturated rings. The van der Waals surface area contributed by atoms with E-state index in [1.54, 1.807) is 6.20 Å². The van der Waals surface area contributed by atoms with Gasteiger partial charge in [0, 0.05) is 29.8 Å². The first-order chi connectivity index (χ1) is 7.94. The molecule has 1 unspecified atom stereocenters. The minimum Gasteiger partial charge on any atom is -0.355 e. The zero-order chi connectivity index (χ0) is 12.5. The highest BCUT2D eigenvalue weighted by molar-refractivity contribution is 9.10. The zero-order valence-corrected chi connectivity index (χ0v) is 11.8. The summed E-state index contributed by atoms with van der Waals surface area (Å²) in [5, 5.41) is 0. The van der Waals surface area contributed by atoms with Crippen LogP contribution >= 0.6 is 15.9 Å². The molecule has 0 aliphatic carbocycles. The number of rotatable bonds is 3. The smallest absolute Gasteiger partial charge is 0.209 e. The number of nitrogens with zero attached hydrogens (tertiary/aromatic N) is 2. The van der Waals surface area contributed by atoms with Crippen molar-refractivity contribution in [3.63, 3.8) is 0 Å². The number of hydrogen-bond donors (Lipinski definition) is 1. The summed E-state index contributed by atoms with van der Waals surface area (Å²) in [6.07, 6.45) is 3.74. The SMILES string of the molecule is CS(=O)(=O)NC1CCN(c2ccc(Br)cn2)C1. The molecule has 0 bridgehead atoms. The number of pyridine rings is 1. The zero-order valence-electron chi connectivity index (χ0n) is 9.43. The Labute approximate surface area is 109 Å². The molecule has 5 nitrogen and oxygen atoms in total. The van der Waals surface area contributed by atoms with Crippen molar-refractivity contribution in [3.8, 4) is 0 Å². The van der Waals surface area contributed by atoms with E-state index in [2.05, 4.69) is 30.5 Å². The van der Waals surface area contributed by atoms with Gasteiger partial charge in [-0.1, -0.05) is 0 Å². The maximum atomic E-state index is 11.1. The van der Waals surface area contributed by atoms with Crippen molar-refractivity contribution in [2.24, 2.45) is 0 Å². The number of nitrogens with one attached hydrogen (secondary N) is 1. The Kier molecular flexibility index (Phi) is 3.70. The van der Waals surface area contributed by atoms with Gasteiger partial charge in [0.05, 0.1) is 6.26 Å². The fourth-order valence-electron chi connectivity index (χ4n) is 1.92. The van der Waals surface area contributed by atoms with E-state index in [0.717, 1.165) is 23.3 Å². The number of anilines is 1. The molecule has 2 rings (SSSR count). The lowest BCUT2D eigenvalue weighted by Gasteiger charge is -2.17. The van der Waals surface area contributed by atoms with Crippen LogP contribution in [0.15, 0.2) is 22.8 Å². The predicted molar refractivity (Wildman–Crippen MR) is 70.5 cm³/mol. The summed E-state index contributed by atoms with van der Waals surface area (Å²) < 4.78 is 25.8. The molecule has 1 aliphatic heterocycles. The Balaban J connectivity index is 2.00. The Morgan fingerprint density at radius 1 is 1.53 bits per heavy atom. The third kappa shape index (κ3) is 3.65. The minimum absolute atomic E-state index is 0.0181. The fourth-order valence-corrected chi connectivity index (χ4v) is 2.95. The molecule has 1 saturated heterocycles. The van der Waals surface area contributed by atoms with E-state index in [1.807, 2.05) is 12.1 Å². The second-order valence-corrected chi connectivity index (χ2v) is 6.85. The van der Waals surface area contributed by atoms with Gasteiger partial charge in [0.2, 0.25) is 10.0 Å². The average Bonchev–Trinajstić information content (AvgIpc) is 2.64. The summed E-state index contributed by atoms with van der Waals surface area (Å²) in [6, 6.07) is 3.84. The summed E-state index contributed by atoms with van der Waals surface area (Å²) in [5.41, 5.74) is 0. The lowest BCUT2D eigenvalue weighted by molar-refractivity contribution is 0.567. The second kappa shape index (κ2) is 4.91. The van der Waals surface area contributed by atoms with Crippen molar-refractivity contribution in [1.29, 1.82) is 0 Å². The number of halogens is 1. The van der Waals surface area contributed by atoms with E-state index in [4.69, 9.17) is 0 Å². The average molecular weight is 320 g/mol. The highest BCUT2D eigenvalue weighted by Crippen LogP contribution is 2.19. The van der Waals surface area contributed by atoms with Crippen LogP contribution in [-0.4, -0.2) is 38.8 Å². The van der Waals surface area contributed by atoms with Crippen molar-refractivity contribution in [3.05, 3.63) is 22.8 Å². The Morgan fingerprint density at radius 2 is 2.29 bits per heavy atom. The maximum Gasteiger partial charge on any atom is 0.209 e. The fraction of sp³-hybridized carbons (Fsp3) is 0.500. The molecule has 7 heteroatoms. The Morgan fingerprint density at radius 3 is 2.88 bits per heavy atom. The van der Waals surface area contributed by atoms with Gasteiger partial charge in [0.1, 0.15) is 5.82 Å². The highest BCUT2D eigenvalue weighted by Gasteiger charge is 2.25. The molecule has 0 aromatic carbocycles. The molecule has 1 aromatic rings. The number of hydrogen-bond acceptors (Lipinski definition) is 4. The molecule has 17 heavy (non-hydrogen) atoms. The van der Waals surface area contributed by atoms with E-state index in [-0.39, 0.29) is 6.04 Å². The van der Waals surface area contributed by atoms with Crippen LogP contribution in [0.4, 0.5) is 5.82 Å². The number of aromatic nitrogens is 1. The van der Waals surface area contributed by atoms with Crippen molar-refractivity contribution in [1.82, 2.24) is 9.71 Å². The van der Waals surface area contributed by atoms with Gasteiger partial charge >= 0.3 is 0 Å². The van der Waals surface area contributed by atoms with Crippen molar-refractivity contribution in [2.75, 3.05) is 24.2 Å². The summed E-state index contributed by atoms with van der Waals surface area (Å²) >= 11 is 3.33. The summed E-state index contributed by atoms with van der Waals surface area (Å²) in [5.74, 6) is 0.881. The standard InChI is InChI=1S/C10H14BrN3O2S/c1-17(15,16)13-9-4-5-14(7-9)10-3-2-8(11)6-12-10/h2-3,6,9,13H,4-5,7H2,1H3. The van der Waals surface area contributed by atoms with Gasteiger partial charge in [-0.15, -0.1) is 0 Å². The topological polar surface area (TPSA) is 62.3 Å². The van der Waals surface area contributed by atoms with Gasteiger partial charge < -0.3 is 4.90 Å². The van der Waals surface area contributed by atoms with E-state index < -0.39 is 10.0 Å². The first kappa shape index (κ1) is 12.8. The van der Waals surface area contributed by atoms with Crippen molar-refractivity contribution >= 4 is 31.8 Å². The second-order valence-electron chi connectivity index (χ2n) is 4.16. The molecular formula is C10H14BrN3O2S. The van der Waals surface area contributed by atoms with Crippen LogP contribution in [-0.2, 0) is 10.0 Å². The molecule has 0 saturated carbocycles. The van der Waals surface area contributed by atoms with Crippen LogP contribution in [0.5, 0.6) is 0 Å². The third-order valence-electron chi connectivity index (χ3n) is 2.60. The molecular weight excluding hydrogens is 306 g/mol. The quantitative estimate of drug-likeness (QED) is 0.902. The van der Waals surface area contributed by atoms with Gasteiger partial charge in [-0.05, 0) is 34.5 Å². The molecule has 1 atom stereocenters. The molecule has 94 valence electrons.